The number of anilines is 1. The van der Waals surface area contributed by atoms with Gasteiger partial charge in [-0.1, -0.05) is 6.07 Å². The van der Waals surface area contributed by atoms with E-state index in [4.69, 9.17) is 0 Å². The smallest absolute Gasteiger partial charge is 0.259 e. The number of carbonyl (C=O) groups is 2. The molecule has 2 amide bonds. The lowest BCUT2D eigenvalue weighted by Gasteiger charge is -2.16. The number of likely N-dealkylation sites (tertiary alicyclic amines) is 1. The van der Waals surface area contributed by atoms with E-state index >= 15 is 0 Å². The molecule has 1 aromatic heterocycles. The summed E-state index contributed by atoms with van der Waals surface area (Å²) < 4.78 is 28.7. The van der Waals surface area contributed by atoms with E-state index in [9.17, 15) is 18.4 Å². The van der Waals surface area contributed by atoms with Crippen LogP contribution in [0.5, 0.6) is 0 Å². The zero-order chi connectivity index (χ0) is 22.1. The molecule has 2 aromatic carbocycles. The molecule has 8 heteroatoms. The van der Waals surface area contributed by atoms with Crippen molar-refractivity contribution in [1.29, 1.82) is 0 Å². The molecule has 0 atom stereocenters. The lowest BCUT2D eigenvalue weighted by molar-refractivity contribution is 0.0792. The number of aromatic nitrogens is 2. The van der Waals surface area contributed by atoms with Crippen molar-refractivity contribution in [3.8, 4) is 5.69 Å². The Labute approximate surface area is 178 Å². The van der Waals surface area contributed by atoms with Crippen molar-refractivity contribution in [2.75, 3.05) is 18.4 Å². The number of aryl methyl sites for hydroxylation is 1. The molecule has 2 heterocycles. The van der Waals surface area contributed by atoms with E-state index < -0.39 is 17.5 Å². The molecule has 160 valence electrons. The molecule has 1 saturated heterocycles. The third kappa shape index (κ3) is 4.05. The van der Waals surface area contributed by atoms with Crippen molar-refractivity contribution in [3.05, 3.63) is 76.6 Å². The Morgan fingerprint density at radius 3 is 2.48 bits per heavy atom. The van der Waals surface area contributed by atoms with Crippen LogP contribution in [-0.4, -0.2) is 39.6 Å². The molecule has 1 aliphatic rings. The highest BCUT2D eigenvalue weighted by Gasteiger charge is 2.23. The molecular weight excluding hydrogens is 402 g/mol. The summed E-state index contributed by atoms with van der Waals surface area (Å²) in [5.74, 6) is -1.94. The first kappa shape index (κ1) is 20.7. The highest BCUT2D eigenvalue weighted by Crippen LogP contribution is 2.23. The van der Waals surface area contributed by atoms with Crippen LogP contribution in [0.15, 0.2) is 42.5 Å². The number of rotatable bonds is 4. The van der Waals surface area contributed by atoms with Gasteiger partial charge in [0.05, 0.1) is 17.0 Å². The Hall–Kier alpha value is -3.55. The molecule has 3 aromatic rings. The minimum absolute atomic E-state index is 0.0549. The molecule has 0 unspecified atom stereocenters. The maximum atomic E-state index is 14.2. The van der Waals surface area contributed by atoms with Crippen LogP contribution >= 0.6 is 0 Å². The van der Waals surface area contributed by atoms with E-state index in [2.05, 4.69) is 10.4 Å². The van der Waals surface area contributed by atoms with Crippen molar-refractivity contribution >= 4 is 17.5 Å². The summed E-state index contributed by atoms with van der Waals surface area (Å²) in [6.07, 6.45) is 2.00. The third-order valence-corrected chi connectivity index (χ3v) is 5.42. The van der Waals surface area contributed by atoms with Gasteiger partial charge in [0.25, 0.3) is 11.8 Å². The third-order valence-electron chi connectivity index (χ3n) is 5.42. The lowest BCUT2D eigenvalue weighted by atomic mass is 10.1. The number of amides is 2. The number of halogens is 2. The van der Waals surface area contributed by atoms with Gasteiger partial charge in [0.2, 0.25) is 0 Å². The van der Waals surface area contributed by atoms with E-state index in [1.54, 1.807) is 43.0 Å². The maximum Gasteiger partial charge on any atom is 0.259 e. The summed E-state index contributed by atoms with van der Waals surface area (Å²) in [5.41, 5.74) is 2.17. The fourth-order valence-electron chi connectivity index (χ4n) is 3.89. The second kappa shape index (κ2) is 8.29. The van der Waals surface area contributed by atoms with Gasteiger partial charge in [-0.05, 0) is 57.0 Å². The van der Waals surface area contributed by atoms with Gasteiger partial charge in [0, 0.05) is 30.4 Å². The predicted molar refractivity (Wildman–Crippen MR) is 112 cm³/mol. The van der Waals surface area contributed by atoms with Crippen molar-refractivity contribution in [2.45, 2.75) is 26.7 Å². The summed E-state index contributed by atoms with van der Waals surface area (Å²) in [7, 11) is 0. The van der Waals surface area contributed by atoms with Gasteiger partial charge < -0.3 is 10.2 Å². The van der Waals surface area contributed by atoms with Crippen LogP contribution in [0.2, 0.25) is 0 Å². The fourth-order valence-corrected chi connectivity index (χ4v) is 3.89. The van der Waals surface area contributed by atoms with E-state index in [0.29, 0.717) is 28.2 Å². The summed E-state index contributed by atoms with van der Waals surface area (Å²) >= 11 is 0. The normalized spacial score (nSPS) is 13.5. The lowest BCUT2D eigenvalue weighted by Crippen LogP contribution is -2.27. The maximum absolute atomic E-state index is 14.2. The Bertz CT molecular complexity index is 1170. The van der Waals surface area contributed by atoms with Crippen LogP contribution in [0, 0.1) is 25.5 Å². The van der Waals surface area contributed by atoms with Crippen molar-refractivity contribution < 1.29 is 18.4 Å². The van der Waals surface area contributed by atoms with Crippen LogP contribution in [-0.2, 0) is 0 Å². The zero-order valence-corrected chi connectivity index (χ0v) is 17.3. The van der Waals surface area contributed by atoms with Gasteiger partial charge in [0.1, 0.15) is 11.5 Å². The number of hydrogen-bond acceptors (Lipinski definition) is 3. The molecule has 0 spiro atoms. The largest absolute Gasteiger partial charge is 0.339 e. The number of carbonyl (C=O) groups excluding carboxylic acids is 2. The van der Waals surface area contributed by atoms with E-state index in [1.807, 2.05) is 0 Å². The minimum atomic E-state index is -0.773. The molecule has 0 saturated carbocycles. The van der Waals surface area contributed by atoms with Crippen LogP contribution < -0.4 is 5.32 Å². The first-order valence-electron chi connectivity index (χ1n) is 10.1. The first-order valence-corrected chi connectivity index (χ1v) is 10.1. The van der Waals surface area contributed by atoms with Gasteiger partial charge in [-0.25, -0.2) is 13.5 Å². The second-order valence-corrected chi connectivity index (χ2v) is 7.59. The Morgan fingerprint density at radius 1 is 1.03 bits per heavy atom. The molecule has 0 aliphatic carbocycles. The molecule has 31 heavy (non-hydrogen) atoms. The molecular formula is C23H22F2N4O2. The van der Waals surface area contributed by atoms with Crippen molar-refractivity contribution in [3.63, 3.8) is 0 Å². The van der Waals surface area contributed by atoms with Gasteiger partial charge in [-0.3, -0.25) is 9.59 Å². The van der Waals surface area contributed by atoms with E-state index in [1.165, 1.54) is 10.7 Å². The number of benzene rings is 2. The van der Waals surface area contributed by atoms with Crippen molar-refractivity contribution in [2.24, 2.45) is 0 Å². The number of hydrogen-bond donors (Lipinski definition) is 1. The van der Waals surface area contributed by atoms with Crippen LogP contribution in [0.25, 0.3) is 5.69 Å². The number of nitrogens with zero attached hydrogens (tertiary/aromatic N) is 3. The minimum Gasteiger partial charge on any atom is -0.339 e. The topological polar surface area (TPSA) is 67.2 Å². The molecule has 4 rings (SSSR count). The molecule has 1 fully saturated rings. The van der Waals surface area contributed by atoms with E-state index in [-0.39, 0.29) is 11.6 Å². The van der Waals surface area contributed by atoms with Crippen molar-refractivity contribution in [1.82, 2.24) is 14.7 Å². The highest BCUT2D eigenvalue weighted by molar-refractivity contribution is 6.06. The monoisotopic (exact) mass is 424 g/mol. The Morgan fingerprint density at radius 2 is 1.77 bits per heavy atom. The van der Waals surface area contributed by atoms with Gasteiger partial charge in [-0.2, -0.15) is 5.10 Å². The zero-order valence-electron chi connectivity index (χ0n) is 17.3. The fraction of sp³-hybridized carbons (Fsp3) is 0.261. The average molecular weight is 424 g/mol. The molecule has 0 radical (unpaired) electrons. The molecule has 1 N–H and O–H groups in total. The van der Waals surface area contributed by atoms with Crippen LogP contribution in [0.4, 0.5) is 14.5 Å². The quantitative estimate of drug-likeness (QED) is 0.681. The standard InChI is InChI=1S/C23H22F2N4O2/c1-14-21(15(2)29(27-14)20-9-8-17(24)13-19(20)25)22(30)26-18-7-5-6-16(12-18)23(31)28-10-3-4-11-28/h5-9,12-13H,3-4,10-11H2,1-2H3,(H,26,30). The first-order chi connectivity index (χ1) is 14.8. The van der Waals surface area contributed by atoms with Crippen LogP contribution in [0.1, 0.15) is 44.9 Å². The SMILES string of the molecule is Cc1nn(-c2ccc(F)cc2F)c(C)c1C(=O)Nc1cccc(C(=O)N2CCCC2)c1. The summed E-state index contributed by atoms with van der Waals surface area (Å²) in [5, 5.41) is 7.06. The van der Waals surface area contributed by atoms with Crippen LogP contribution in [0.3, 0.4) is 0 Å². The molecule has 1 aliphatic heterocycles. The highest BCUT2D eigenvalue weighted by atomic mass is 19.1. The molecule has 0 bridgehead atoms. The van der Waals surface area contributed by atoms with Gasteiger partial charge in [-0.15, -0.1) is 0 Å². The molecule has 6 nitrogen and oxygen atoms in total. The predicted octanol–water partition coefficient (Wildman–Crippen LogP) is 4.26. The van der Waals surface area contributed by atoms with Gasteiger partial charge in [0.15, 0.2) is 5.82 Å². The Kier molecular flexibility index (Phi) is 5.54. The van der Waals surface area contributed by atoms with Gasteiger partial charge >= 0.3 is 0 Å². The second-order valence-electron chi connectivity index (χ2n) is 7.59. The summed E-state index contributed by atoms with van der Waals surface area (Å²) in [6, 6.07) is 9.98. The average Bonchev–Trinajstić information content (AvgIpc) is 3.36. The summed E-state index contributed by atoms with van der Waals surface area (Å²) in [6.45, 7) is 4.78. The number of nitrogens with one attached hydrogen (secondary N) is 1. The van der Waals surface area contributed by atoms with E-state index in [0.717, 1.165) is 38.1 Å². The summed E-state index contributed by atoms with van der Waals surface area (Å²) in [4.78, 5) is 27.4. The Balaban J connectivity index is 1.59.